The van der Waals surface area contributed by atoms with E-state index >= 15 is 0 Å². The monoisotopic (exact) mass is 643 g/mol. The first-order chi connectivity index (χ1) is 21.2. The number of nitrogens with one attached hydrogen (secondary N) is 3. The molecule has 236 valence electrons. The molecule has 2 aliphatic heterocycles. The van der Waals surface area contributed by atoms with Gasteiger partial charge in [-0.3, -0.25) is 9.53 Å². The van der Waals surface area contributed by atoms with E-state index in [0.29, 0.717) is 50.1 Å². The first kappa shape index (κ1) is 31.3. The van der Waals surface area contributed by atoms with E-state index in [1.165, 1.54) is 23.1 Å². The molecule has 1 saturated carbocycles. The van der Waals surface area contributed by atoms with Crippen molar-refractivity contribution in [1.29, 1.82) is 0 Å². The third-order valence-electron chi connectivity index (χ3n) is 9.86. The van der Waals surface area contributed by atoms with E-state index in [1.54, 1.807) is 0 Å². The highest BCUT2D eigenvalue weighted by atomic mass is 35.5. The topological polar surface area (TPSA) is 110 Å². The minimum atomic E-state index is -3.30. The van der Waals surface area contributed by atoms with Gasteiger partial charge in [0.2, 0.25) is 6.61 Å². The van der Waals surface area contributed by atoms with E-state index in [1.807, 2.05) is 24.3 Å². The quantitative estimate of drug-likeness (QED) is 0.272. The number of hydrogen-bond donors (Lipinski definition) is 3. The van der Waals surface area contributed by atoms with Crippen molar-refractivity contribution in [2.75, 3.05) is 39.4 Å². The molecular weight excluding hydrogens is 598 g/mol. The predicted molar refractivity (Wildman–Crippen MR) is 175 cm³/mol. The molecule has 1 saturated heterocycles. The largest absolute Gasteiger partial charge is 0.702 e. The number of likely N-dealkylation sites (tertiary alicyclic amines) is 1. The maximum atomic E-state index is 13.2. The summed E-state index contributed by atoms with van der Waals surface area (Å²) in [6.07, 6.45) is 12.0. The van der Waals surface area contributed by atoms with Crippen LogP contribution in [0.15, 0.2) is 66.3 Å². The second-order valence-electron chi connectivity index (χ2n) is 12.8. The summed E-state index contributed by atoms with van der Waals surface area (Å²) in [6.45, 7) is 5.02. The van der Waals surface area contributed by atoms with Crippen molar-refractivity contribution >= 4 is 27.7 Å². The average Bonchev–Trinajstić information content (AvgIpc) is 3.51. The molecule has 0 spiro atoms. The van der Waals surface area contributed by atoms with Gasteiger partial charge in [0, 0.05) is 35.0 Å². The van der Waals surface area contributed by atoms with Gasteiger partial charge in [0.15, 0.2) is 11.9 Å². The third kappa shape index (κ3) is 6.77. The van der Waals surface area contributed by atoms with Crippen LogP contribution in [0.25, 0.3) is 0 Å². The highest BCUT2D eigenvalue weighted by Crippen LogP contribution is 2.53. The molecule has 8 nitrogen and oxygen atoms in total. The van der Waals surface area contributed by atoms with Gasteiger partial charge in [-0.15, -0.1) is 0 Å². The summed E-state index contributed by atoms with van der Waals surface area (Å²) >= 11 is 6.21. The molecule has 5 atom stereocenters. The number of rotatable bonds is 10. The molecule has 2 aliphatic carbocycles. The number of aromatic hydroxyl groups is 1. The van der Waals surface area contributed by atoms with Gasteiger partial charge >= 0.3 is 16.1 Å². The second kappa shape index (κ2) is 13.3. The molecule has 6 N–H and O–H groups in total. The van der Waals surface area contributed by atoms with Crippen molar-refractivity contribution in [3.05, 3.63) is 88.0 Å². The Hall–Kier alpha value is -2.69. The number of halogens is 1. The van der Waals surface area contributed by atoms with E-state index < -0.39 is 15.3 Å². The van der Waals surface area contributed by atoms with E-state index in [0.717, 1.165) is 48.6 Å². The normalized spacial score (nSPS) is 27.0. The maximum absolute atomic E-state index is 13.2. The second-order valence-corrected chi connectivity index (χ2v) is 15.4. The highest BCUT2D eigenvalue weighted by molar-refractivity contribution is 7.90. The predicted octanol–water partition coefficient (Wildman–Crippen LogP) is 3.62. The fourth-order valence-corrected chi connectivity index (χ4v) is 8.90. The lowest BCUT2D eigenvalue weighted by Gasteiger charge is -2.50. The zero-order valence-corrected chi connectivity index (χ0v) is 27.0. The Morgan fingerprint density at radius 1 is 1.25 bits per heavy atom. The van der Waals surface area contributed by atoms with Crippen LogP contribution >= 0.6 is 11.6 Å². The summed E-state index contributed by atoms with van der Waals surface area (Å²) in [6, 6.07) is 15.0. The van der Waals surface area contributed by atoms with Crippen LogP contribution in [0.1, 0.15) is 61.8 Å². The van der Waals surface area contributed by atoms with E-state index in [2.05, 4.69) is 53.4 Å². The van der Waals surface area contributed by atoms with Gasteiger partial charge in [-0.05, 0) is 78.6 Å². The van der Waals surface area contributed by atoms with Crippen LogP contribution in [0.5, 0.6) is 5.75 Å². The van der Waals surface area contributed by atoms with Gasteiger partial charge in [0.05, 0.1) is 13.1 Å². The minimum absolute atomic E-state index is 0.0550. The molecular formula is C34H46ClN3O5S+4. The van der Waals surface area contributed by atoms with Crippen molar-refractivity contribution in [3.63, 3.8) is 0 Å². The summed E-state index contributed by atoms with van der Waals surface area (Å²) in [4.78, 5) is 11.2. The molecule has 0 radical (unpaired) electrons. The number of hydrogen-bond acceptors (Lipinski definition) is 3. The van der Waals surface area contributed by atoms with Crippen molar-refractivity contribution < 1.29 is 27.6 Å². The number of fused-ring (bicyclic) bond motifs is 1. The molecule has 0 aromatic heterocycles. The Balaban J connectivity index is 1.01. The summed E-state index contributed by atoms with van der Waals surface area (Å²) < 4.78 is 37.3. The van der Waals surface area contributed by atoms with E-state index in [-0.39, 0.29) is 17.6 Å². The molecule has 2 fully saturated rings. The van der Waals surface area contributed by atoms with Gasteiger partial charge in [-0.25, -0.2) is 4.21 Å². The molecule has 44 heavy (non-hydrogen) atoms. The summed E-state index contributed by atoms with van der Waals surface area (Å²) in [5.41, 5.74) is 5.20. The molecule has 2 aromatic rings. The summed E-state index contributed by atoms with van der Waals surface area (Å²) in [5.74, 6) is 1.35. The van der Waals surface area contributed by atoms with Gasteiger partial charge in [0.25, 0.3) is 5.75 Å². The third-order valence-corrected chi connectivity index (χ3v) is 12.0. The Bertz CT molecular complexity index is 1520. The Morgan fingerprint density at radius 3 is 2.82 bits per heavy atom. The summed E-state index contributed by atoms with van der Waals surface area (Å²) in [5, 5.41) is 4.11. The Labute approximate surface area is 265 Å². The van der Waals surface area contributed by atoms with Crippen molar-refractivity contribution in [1.82, 2.24) is 10.0 Å². The molecule has 0 bridgehead atoms. The molecule has 5 unspecified atom stereocenters. The lowest BCUT2D eigenvalue weighted by molar-refractivity contribution is -0.805. The van der Waals surface area contributed by atoms with Crippen LogP contribution in [0, 0.1) is 5.92 Å². The highest BCUT2D eigenvalue weighted by Gasteiger charge is 2.48. The number of carbonyl (C=O) groups excluding carboxylic acids is 1. The number of aliphatic hydroxyl groups is 1. The van der Waals surface area contributed by atoms with Gasteiger partial charge in [0.1, 0.15) is 6.54 Å². The number of amides is 1. The van der Waals surface area contributed by atoms with Crippen molar-refractivity contribution in [2.45, 2.75) is 62.2 Å². The first-order valence-corrected chi connectivity index (χ1v) is 17.9. The Kier molecular flexibility index (Phi) is 9.50. The molecule has 1 amide bonds. The lowest BCUT2D eigenvalue weighted by atomic mass is 9.58. The average molecular weight is 644 g/mol. The first-order valence-electron chi connectivity index (χ1n) is 15.9. The molecule has 10 heteroatoms. The molecule has 2 heterocycles. The van der Waals surface area contributed by atoms with E-state index in [4.69, 9.17) is 21.1 Å². The van der Waals surface area contributed by atoms with Crippen LogP contribution in [-0.4, -0.2) is 68.7 Å². The SMILES string of the molecule is CC1C=CC=C(COC(=[OH+])[NH+]2CCC(S(=O)(=[OH+])NCC[OH+]c3ccc4c(c3)C(C3(c5ccc(Cl)cc5)CCC3)NCC4)C2)C1. The number of ether oxygens (including phenoxy) is 2. The smallest absolute Gasteiger partial charge is 0.582 e. The van der Waals surface area contributed by atoms with Gasteiger partial charge in [-0.2, -0.15) is 13.8 Å². The van der Waals surface area contributed by atoms with Crippen molar-refractivity contribution in [2.24, 2.45) is 5.92 Å². The van der Waals surface area contributed by atoms with E-state index in [9.17, 15) is 13.2 Å². The number of allylic oxidation sites excluding steroid dienone is 3. The lowest BCUT2D eigenvalue weighted by Crippen LogP contribution is -3.13. The molecule has 6 rings (SSSR count). The minimum Gasteiger partial charge on any atom is -0.582 e. The Morgan fingerprint density at radius 2 is 2.07 bits per heavy atom. The standard InChI is InChI=1S/C34H42ClN3O5S/c1-24-4-2-5-25(20-24)23-43-33(39)38-18-13-30(22-38)44(40,41)37-17-19-42-29-11-6-26-12-16-36-32(31(26)21-29)34(14-3-15-34)27-7-9-28(35)10-8-27/h2,4-11,21,24,30,32,36H,3,12-20,22-23H2,1H3,(H,37,40,41)/p+4. The number of quaternary nitrogens is 1. The fraction of sp³-hybridized carbons (Fsp3) is 0.500. The van der Waals surface area contributed by atoms with Crippen molar-refractivity contribution in [3.8, 4) is 5.75 Å². The molecule has 4 aliphatic rings. The fourth-order valence-electron chi connectivity index (χ4n) is 7.29. The van der Waals surface area contributed by atoms with Crippen LogP contribution in [0.2, 0.25) is 5.02 Å². The number of benzene rings is 2. The number of alkyl carbamates (subject to hydrolysis) is 2. The molecule has 2 aromatic carbocycles. The van der Waals surface area contributed by atoms with Crippen LogP contribution < -0.4 is 14.9 Å². The van der Waals surface area contributed by atoms with Gasteiger partial charge < -0.3 is 10.1 Å². The summed E-state index contributed by atoms with van der Waals surface area (Å²) in [7, 11) is -3.30. The maximum Gasteiger partial charge on any atom is 0.702 e. The van der Waals surface area contributed by atoms with Crippen LogP contribution in [0.3, 0.4) is 0 Å². The zero-order chi connectivity index (χ0) is 30.7. The van der Waals surface area contributed by atoms with Gasteiger partial charge in [-0.1, -0.05) is 55.3 Å². The van der Waals surface area contributed by atoms with Crippen LogP contribution in [-0.2, 0) is 26.6 Å². The van der Waals surface area contributed by atoms with Crippen LogP contribution in [0.4, 0.5) is 0 Å². The zero-order valence-electron chi connectivity index (χ0n) is 25.4.